The van der Waals surface area contributed by atoms with E-state index in [0.717, 1.165) is 11.3 Å². The van der Waals surface area contributed by atoms with Gasteiger partial charge in [0.1, 0.15) is 4.53 Å². The van der Waals surface area contributed by atoms with E-state index < -0.39 is 6.04 Å². The first-order valence-corrected chi connectivity index (χ1v) is 13.3. The largest absolute Gasteiger partial charge is 0.322 e. The number of anilines is 2. The first-order valence-electron chi connectivity index (χ1n) is 12.5. The van der Waals surface area contributed by atoms with Crippen LogP contribution in [0.3, 0.4) is 0 Å². The second-order valence-corrected chi connectivity index (χ2v) is 10.2. The summed E-state index contributed by atoms with van der Waals surface area (Å²) in [5.74, 6) is -0.593. The first-order chi connectivity index (χ1) is 19.0. The summed E-state index contributed by atoms with van der Waals surface area (Å²) in [5.41, 5.74) is 3.73. The second-order valence-electron chi connectivity index (χ2n) is 9.23. The highest BCUT2D eigenvalue weighted by Gasteiger charge is 2.36. The minimum Gasteiger partial charge on any atom is -0.322 e. The average Bonchev–Trinajstić information content (AvgIpc) is 3.41. The van der Waals surface area contributed by atoms with Crippen LogP contribution in [0.25, 0.3) is 5.57 Å². The van der Waals surface area contributed by atoms with Gasteiger partial charge in [0.05, 0.1) is 28.6 Å². The van der Waals surface area contributed by atoms with Crippen LogP contribution in [0.2, 0.25) is 0 Å². The lowest BCUT2D eigenvalue weighted by Gasteiger charge is -2.25. The fourth-order valence-corrected chi connectivity index (χ4v) is 6.28. The number of carbonyl (C=O) groups excluding carboxylic acids is 2. The Balaban J connectivity index is 1.58. The number of thiazole rings is 1. The molecule has 192 valence electrons. The maximum atomic E-state index is 14.2. The van der Waals surface area contributed by atoms with Crippen molar-refractivity contribution in [3.63, 3.8) is 0 Å². The number of benzene rings is 3. The number of rotatable bonds is 5. The molecule has 7 nitrogen and oxygen atoms in total. The van der Waals surface area contributed by atoms with E-state index in [-0.39, 0.29) is 17.4 Å². The topological polar surface area (TPSA) is 83.8 Å². The highest BCUT2D eigenvalue weighted by molar-refractivity contribution is 7.07. The van der Waals surface area contributed by atoms with Crippen LogP contribution in [0.1, 0.15) is 24.1 Å². The number of allylic oxidation sites excluding steroid dienone is 1. The van der Waals surface area contributed by atoms with Gasteiger partial charge in [0.15, 0.2) is 4.80 Å². The van der Waals surface area contributed by atoms with Gasteiger partial charge in [-0.15, -0.1) is 6.58 Å². The van der Waals surface area contributed by atoms with E-state index in [1.165, 1.54) is 11.3 Å². The standard InChI is InChI=1S/C31H24N4O3S/c1-3-18-34-23-17-11-10-16-22(23)25(29(34)37)27-30(38)35-26(20-12-6-4-7-13-20)24(19(2)32-31(35)39-27)28(36)33-21-14-8-5-9-15-21/h3-17,26H,1,18H2,2H3,(H,33,36)/b27-25+/t26-/m1/s1. The molecule has 6 rings (SSSR count). The summed E-state index contributed by atoms with van der Waals surface area (Å²) < 4.78 is 1.84. The Bertz CT molecular complexity index is 1850. The van der Waals surface area contributed by atoms with Crippen LogP contribution in [-0.4, -0.2) is 22.9 Å². The van der Waals surface area contributed by atoms with E-state index in [1.54, 1.807) is 34.6 Å². The molecule has 4 aromatic rings. The number of amides is 2. The Morgan fingerprint density at radius 2 is 1.67 bits per heavy atom. The molecule has 0 saturated heterocycles. The number of carbonyl (C=O) groups is 2. The van der Waals surface area contributed by atoms with Crippen LogP contribution in [0, 0.1) is 0 Å². The first kappa shape index (κ1) is 24.5. The normalized spacial score (nSPS) is 17.4. The van der Waals surface area contributed by atoms with Crippen LogP contribution < -0.4 is 25.1 Å². The molecule has 0 bridgehead atoms. The van der Waals surface area contributed by atoms with E-state index in [0.29, 0.717) is 44.0 Å². The van der Waals surface area contributed by atoms with Gasteiger partial charge in [-0.25, -0.2) is 4.99 Å². The van der Waals surface area contributed by atoms with Crippen molar-refractivity contribution in [3.8, 4) is 0 Å². The molecule has 8 heteroatoms. The molecule has 1 N–H and O–H groups in total. The monoisotopic (exact) mass is 532 g/mol. The van der Waals surface area contributed by atoms with E-state index in [2.05, 4.69) is 11.9 Å². The van der Waals surface area contributed by atoms with E-state index in [4.69, 9.17) is 4.99 Å². The Hall–Kier alpha value is -4.82. The van der Waals surface area contributed by atoms with Crippen molar-refractivity contribution in [1.82, 2.24) is 4.57 Å². The van der Waals surface area contributed by atoms with Gasteiger partial charge in [0, 0.05) is 17.8 Å². The summed E-state index contributed by atoms with van der Waals surface area (Å²) >= 11 is 1.17. The molecule has 2 aliphatic heterocycles. The lowest BCUT2D eigenvalue weighted by Crippen LogP contribution is -2.41. The third kappa shape index (κ3) is 4.06. The van der Waals surface area contributed by atoms with Gasteiger partial charge in [-0.2, -0.15) is 0 Å². The van der Waals surface area contributed by atoms with Crippen molar-refractivity contribution in [2.24, 2.45) is 4.99 Å². The molecule has 3 aromatic carbocycles. The Morgan fingerprint density at radius 3 is 2.38 bits per heavy atom. The van der Waals surface area contributed by atoms with E-state index in [9.17, 15) is 14.4 Å². The number of nitrogens with one attached hydrogen (secondary N) is 1. The molecule has 3 heterocycles. The Morgan fingerprint density at radius 1 is 1.00 bits per heavy atom. The van der Waals surface area contributed by atoms with Crippen LogP contribution in [-0.2, 0) is 9.59 Å². The van der Waals surface area contributed by atoms with Crippen LogP contribution in [0.5, 0.6) is 0 Å². The highest BCUT2D eigenvalue weighted by atomic mass is 32.1. The van der Waals surface area contributed by atoms with Gasteiger partial charge in [-0.3, -0.25) is 19.0 Å². The molecule has 1 atom stereocenters. The van der Waals surface area contributed by atoms with Gasteiger partial charge in [-0.05, 0) is 30.7 Å². The zero-order valence-electron chi connectivity index (χ0n) is 21.1. The average molecular weight is 533 g/mol. The number of nitrogens with zero attached hydrogens (tertiary/aromatic N) is 3. The third-order valence-corrected chi connectivity index (χ3v) is 7.90. The smallest absolute Gasteiger partial charge is 0.271 e. The Labute approximate surface area is 228 Å². The molecular weight excluding hydrogens is 508 g/mol. The summed E-state index contributed by atoms with van der Waals surface area (Å²) in [6.07, 6.45) is 1.66. The molecule has 0 aliphatic carbocycles. The highest BCUT2D eigenvalue weighted by Crippen LogP contribution is 2.35. The lowest BCUT2D eigenvalue weighted by atomic mass is 9.95. The maximum Gasteiger partial charge on any atom is 0.271 e. The lowest BCUT2D eigenvalue weighted by molar-refractivity contribution is -0.114. The molecule has 0 unspecified atom stereocenters. The molecular formula is C31H24N4O3S. The molecule has 0 radical (unpaired) electrons. The van der Waals surface area contributed by atoms with Crippen LogP contribution in [0.4, 0.5) is 11.4 Å². The van der Waals surface area contributed by atoms with Crippen molar-refractivity contribution >= 4 is 40.1 Å². The predicted molar refractivity (Wildman–Crippen MR) is 153 cm³/mol. The van der Waals surface area contributed by atoms with Gasteiger partial charge < -0.3 is 10.2 Å². The number of hydrogen-bond acceptors (Lipinski definition) is 5. The number of fused-ring (bicyclic) bond motifs is 2. The minimum atomic E-state index is -0.712. The summed E-state index contributed by atoms with van der Waals surface area (Å²) in [5, 5.41) is 2.95. The van der Waals surface area contributed by atoms with Gasteiger partial charge in [0.25, 0.3) is 17.4 Å². The molecule has 39 heavy (non-hydrogen) atoms. The number of hydrogen-bond donors (Lipinski definition) is 1. The Kier molecular flexibility index (Phi) is 6.17. The van der Waals surface area contributed by atoms with Crippen molar-refractivity contribution in [2.75, 3.05) is 16.8 Å². The van der Waals surface area contributed by atoms with Crippen molar-refractivity contribution in [1.29, 1.82) is 0 Å². The third-order valence-electron chi connectivity index (χ3n) is 6.85. The quantitative estimate of drug-likeness (QED) is 0.397. The van der Waals surface area contributed by atoms with E-state index in [1.807, 2.05) is 72.8 Å². The van der Waals surface area contributed by atoms with Crippen molar-refractivity contribution in [2.45, 2.75) is 13.0 Å². The molecule has 0 saturated carbocycles. The number of aromatic nitrogens is 1. The summed E-state index contributed by atoms with van der Waals surface area (Å²) in [6.45, 7) is 5.88. The zero-order chi connectivity index (χ0) is 27.1. The summed E-state index contributed by atoms with van der Waals surface area (Å²) in [4.78, 5) is 48.2. The second kappa shape index (κ2) is 9.81. The number of para-hydroxylation sites is 2. The van der Waals surface area contributed by atoms with Crippen molar-refractivity contribution < 1.29 is 9.59 Å². The predicted octanol–water partition coefficient (Wildman–Crippen LogP) is 3.78. The fourth-order valence-electron chi connectivity index (χ4n) is 5.14. The molecule has 0 spiro atoms. The summed E-state index contributed by atoms with van der Waals surface area (Å²) in [6, 6.07) is 25.3. The molecule has 0 fully saturated rings. The van der Waals surface area contributed by atoms with Gasteiger partial charge in [0.2, 0.25) is 0 Å². The van der Waals surface area contributed by atoms with Crippen LogP contribution in [0.15, 0.2) is 119 Å². The molecule has 1 aromatic heterocycles. The maximum absolute atomic E-state index is 14.2. The zero-order valence-corrected chi connectivity index (χ0v) is 21.9. The molecule has 2 amide bonds. The SMILES string of the molecule is C=CCN1C(=O)/C(=c2/sc3n(c2=O)[C@H](c2ccccc2)C(C(=O)Nc2ccccc2)=C(C)N=3)c2ccccc21. The van der Waals surface area contributed by atoms with Crippen molar-refractivity contribution in [3.05, 3.63) is 140 Å². The van der Waals surface area contributed by atoms with E-state index >= 15 is 0 Å². The van der Waals surface area contributed by atoms with Gasteiger partial charge >= 0.3 is 0 Å². The van der Waals surface area contributed by atoms with Gasteiger partial charge in [-0.1, -0.05) is 84.1 Å². The van der Waals surface area contributed by atoms with Crippen LogP contribution >= 0.6 is 11.3 Å². The fraction of sp³-hybridized carbons (Fsp3) is 0.0968. The summed E-state index contributed by atoms with van der Waals surface area (Å²) in [7, 11) is 0. The minimum absolute atomic E-state index is 0.254. The molecule has 2 aliphatic rings.